The first-order valence-corrected chi connectivity index (χ1v) is 8.82. The summed E-state index contributed by atoms with van der Waals surface area (Å²) in [6.07, 6.45) is 5.37. The van der Waals surface area contributed by atoms with Crippen LogP contribution in [0.3, 0.4) is 0 Å². The number of piperidine rings is 1. The predicted octanol–water partition coefficient (Wildman–Crippen LogP) is 1.82. The molecule has 7 nitrogen and oxygen atoms in total. The number of amides is 1. The minimum absolute atomic E-state index is 0.0944. The summed E-state index contributed by atoms with van der Waals surface area (Å²) in [5.41, 5.74) is 0.455. The molecule has 4 rings (SSSR count). The molecule has 1 N–H and O–H groups in total. The number of rotatable bonds is 3. The van der Waals surface area contributed by atoms with Crippen molar-refractivity contribution in [2.75, 3.05) is 18.0 Å². The topological polar surface area (TPSA) is 75.9 Å². The highest BCUT2D eigenvalue weighted by Crippen LogP contribution is 2.28. The van der Waals surface area contributed by atoms with Gasteiger partial charge in [-0.2, -0.15) is 5.10 Å². The number of carbonyl (C=O) groups excluding carboxylic acids is 1. The molecule has 3 aromatic heterocycles. The van der Waals surface area contributed by atoms with Gasteiger partial charge in [-0.15, -0.1) is 11.3 Å². The molecule has 8 heteroatoms. The van der Waals surface area contributed by atoms with Gasteiger partial charge in [0.1, 0.15) is 22.7 Å². The van der Waals surface area contributed by atoms with Crippen molar-refractivity contribution < 1.29 is 4.79 Å². The van der Waals surface area contributed by atoms with Crippen LogP contribution in [0.4, 0.5) is 5.82 Å². The molecule has 1 fully saturated rings. The number of fused-ring (bicyclic) bond motifs is 1. The van der Waals surface area contributed by atoms with Crippen LogP contribution in [0.1, 0.15) is 23.3 Å². The Morgan fingerprint density at radius 1 is 1.38 bits per heavy atom. The summed E-state index contributed by atoms with van der Waals surface area (Å²) in [5.74, 6) is 0.837. The lowest BCUT2D eigenvalue weighted by Crippen LogP contribution is -2.48. The van der Waals surface area contributed by atoms with Crippen LogP contribution in [0.2, 0.25) is 0 Å². The van der Waals surface area contributed by atoms with Crippen molar-refractivity contribution in [2.45, 2.75) is 18.9 Å². The van der Waals surface area contributed by atoms with Crippen molar-refractivity contribution in [3.63, 3.8) is 0 Å². The van der Waals surface area contributed by atoms with Crippen molar-refractivity contribution in [3.05, 3.63) is 35.7 Å². The van der Waals surface area contributed by atoms with Gasteiger partial charge in [0, 0.05) is 32.4 Å². The Bertz CT molecular complexity index is 872. The minimum atomic E-state index is -0.120. The number of anilines is 1. The van der Waals surface area contributed by atoms with Crippen LogP contribution in [-0.4, -0.2) is 44.8 Å². The second kappa shape index (κ2) is 6.20. The van der Waals surface area contributed by atoms with E-state index in [0.717, 1.165) is 42.0 Å². The second-order valence-electron chi connectivity index (χ2n) is 5.97. The molecule has 24 heavy (non-hydrogen) atoms. The Balaban J connectivity index is 1.49. The lowest BCUT2D eigenvalue weighted by atomic mass is 10.1. The van der Waals surface area contributed by atoms with Crippen LogP contribution in [0.25, 0.3) is 10.2 Å². The Morgan fingerprint density at radius 3 is 3.12 bits per heavy atom. The van der Waals surface area contributed by atoms with Gasteiger partial charge in [0.05, 0.1) is 5.39 Å². The Morgan fingerprint density at radius 2 is 2.29 bits per heavy atom. The highest BCUT2D eigenvalue weighted by molar-refractivity contribution is 7.16. The monoisotopic (exact) mass is 342 g/mol. The number of carbonyl (C=O) groups is 1. The SMILES string of the molecule is Cn1ccc(C(=O)NC2CCCN(c3ncnc4sccc34)C2)n1. The molecule has 0 aliphatic carbocycles. The maximum Gasteiger partial charge on any atom is 0.272 e. The molecular weight excluding hydrogens is 324 g/mol. The lowest BCUT2D eigenvalue weighted by molar-refractivity contribution is 0.0927. The van der Waals surface area contributed by atoms with Gasteiger partial charge in [-0.1, -0.05) is 0 Å². The van der Waals surface area contributed by atoms with E-state index in [4.69, 9.17) is 0 Å². The zero-order valence-corrected chi connectivity index (χ0v) is 14.2. The lowest BCUT2D eigenvalue weighted by Gasteiger charge is -2.34. The van der Waals surface area contributed by atoms with E-state index in [1.165, 1.54) is 0 Å². The molecule has 1 aliphatic rings. The van der Waals surface area contributed by atoms with E-state index >= 15 is 0 Å². The normalized spacial score (nSPS) is 18.0. The van der Waals surface area contributed by atoms with Crippen LogP contribution in [0.15, 0.2) is 30.0 Å². The first-order valence-electron chi connectivity index (χ1n) is 7.94. The van der Waals surface area contributed by atoms with Crippen molar-refractivity contribution in [1.82, 2.24) is 25.1 Å². The summed E-state index contributed by atoms with van der Waals surface area (Å²) in [5, 5.41) is 10.4. The van der Waals surface area contributed by atoms with E-state index in [-0.39, 0.29) is 11.9 Å². The molecule has 124 valence electrons. The molecule has 4 heterocycles. The highest BCUT2D eigenvalue weighted by Gasteiger charge is 2.24. The van der Waals surface area contributed by atoms with Crippen molar-refractivity contribution in [2.24, 2.45) is 7.05 Å². The van der Waals surface area contributed by atoms with E-state index in [9.17, 15) is 4.79 Å². The number of hydrogen-bond donors (Lipinski definition) is 1. The zero-order valence-electron chi connectivity index (χ0n) is 13.3. The standard InChI is InChI=1S/C16H18N6OS/c1-21-7-4-13(20-21)15(23)19-11-3-2-6-22(9-11)14-12-5-8-24-16(12)18-10-17-14/h4-5,7-8,10-11H,2-3,6,9H2,1H3,(H,19,23). The van der Waals surface area contributed by atoms with Crippen molar-refractivity contribution in [3.8, 4) is 0 Å². The van der Waals surface area contributed by atoms with Gasteiger partial charge in [-0.25, -0.2) is 9.97 Å². The Labute approximate surface area is 143 Å². The van der Waals surface area contributed by atoms with Crippen LogP contribution in [0, 0.1) is 0 Å². The van der Waals surface area contributed by atoms with Gasteiger partial charge in [-0.3, -0.25) is 9.48 Å². The molecule has 0 bridgehead atoms. The molecule has 0 radical (unpaired) electrons. The third kappa shape index (κ3) is 2.84. The maximum atomic E-state index is 12.3. The molecule has 1 saturated heterocycles. The van der Waals surface area contributed by atoms with E-state index in [1.54, 1.807) is 41.7 Å². The summed E-state index contributed by atoms with van der Waals surface area (Å²) in [6.45, 7) is 1.69. The van der Waals surface area contributed by atoms with Gasteiger partial charge < -0.3 is 10.2 Å². The average Bonchev–Trinajstić information content (AvgIpc) is 3.23. The van der Waals surface area contributed by atoms with Crippen molar-refractivity contribution in [1.29, 1.82) is 0 Å². The molecular formula is C16H18N6OS. The zero-order chi connectivity index (χ0) is 16.5. The van der Waals surface area contributed by atoms with Gasteiger partial charge >= 0.3 is 0 Å². The van der Waals surface area contributed by atoms with E-state index in [1.807, 2.05) is 5.38 Å². The number of aromatic nitrogens is 4. The van der Waals surface area contributed by atoms with Crippen LogP contribution in [-0.2, 0) is 7.05 Å². The van der Waals surface area contributed by atoms with E-state index in [0.29, 0.717) is 5.69 Å². The smallest absolute Gasteiger partial charge is 0.272 e. The molecule has 0 aromatic carbocycles. The minimum Gasteiger partial charge on any atom is -0.354 e. The second-order valence-corrected chi connectivity index (χ2v) is 6.86. The largest absolute Gasteiger partial charge is 0.354 e. The quantitative estimate of drug-likeness (QED) is 0.786. The maximum absolute atomic E-state index is 12.3. The predicted molar refractivity (Wildman–Crippen MR) is 93.3 cm³/mol. The average molecular weight is 342 g/mol. The van der Waals surface area contributed by atoms with Crippen LogP contribution in [0.5, 0.6) is 0 Å². The third-order valence-corrected chi connectivity index (χ3v) is 5.06. The first kappa shape index (κ1) is 15.1. The van der Waals surface area contributed by atoms with Gasteiger partial charge in [-0.05, 0) is 30.4 Å². The fraction of sp³-hybridized carbons (Fsp3) is 0.375. The summed E-state index contributed by atoms with van der Waals surface area (Å²) in [4.78, 5) is 24.3. The molecule has 0 saturated carbocycles. The molecule has 1 aliphatic heterocycles. The first-order chi connectivity index (χ1) is 11.7. The fourth-order valence-corrected chi connectivity index (χ4v) is 3.84. The molecule has 3 aromatic rings. The third-order valence-electron chi connectivity index (χ3n) is 4.24. The molecule has 1 unspecified atom stereocenters. The Kier molecular flexibility index (Phi) is 3.89. The number of hydrogen-bond acceptors (Lipinski definition) is 6. The number of aryl methyl sites for hydroxylation is 1. The summed E-state index contributed by atoms with van der Waals surface area (Å²) in [7, 11) is 1.81. The Hall–Kier alpha value is -2.48. The summed E-state index contributed by atoms with van der Waals surface area (Å²) >= 11 is 1.62. The van der Waals surface area contributed by atoms with E-state index < -0.39 is 0 Å². The summed E-state index contributed by atoms with van der Waals surface area (Å²) in [6, 6.07) is 3.89. The highest BCUT2D eigenvalue weighted by atomic mass is 32.1. The number of nitrogens with one attached hydrogen (secondary N) is 1. The number of thiophene rings is 1. The fourth-order valence-electron chi connectivity index (χ4n) is 3.11. The van der Waals surface area contributed by atoms with Crippen LogP contribution < -0.4 is 10.2 Å². The van der Waals surface area contributed by atoms with Crippen LogP contribution >= 0.6 is 11.3 Å². The van der Waals surface area contributed by atoms with E-state index in [2.05, 4.69) is 31.3 Å². The summed E-state index contributed by atoms with van der Waals surface area (Å²) < 4.78 is 1.64. The van der Waals surface area contributed by atoms with Crippen molar-refractivity contribution >= 4 is 33.3 Å². The molecule has 0 spiro atoms. The molecule has 1 atom stereocenters. The van der Waals surface area contributed by atoms with Gasteiger partial charge in [0.2, 0.25) is 0 Å². The van der Waals surface area contributed by atoms with Gasteiger partial charge in [0.15, 0.2) is 0 Å². The van der Waals surface area contributed by atoms with Gasteiger partial charge in [0.25, 0.3) is 5.91 Å². The molecule has 1 amide bonds. The number of nitrogens with zero attached hydrogens (tertiary/aromatic N) is 5.